The van der Waals surface area contributed by atoms with Gasteiger partial charge in [-0.3, -0.25) is 0 Å². The van der Waals surface area contributed by atoms with Crippen molar-refractivity contribution in [2.45, 2.75) is 38.5 Å². The molecule has 1 aromatic carbocycles. The van der Waals surface area contributed by atoms with Gasteiger partial charge in [-0.15, -0.1) is 11.6 Å². The van der Waals surface area contributed by atoms with Crippen molar-refractivity contribution in [3.05, 3.63) is 28.2 Å². The third-order valence-corrected chi connectivity index (χ3v) is 3.88. The Morgan fingerprint density at radius 1 is 1.35 bits per heavy atom. The number of halogens is 2. The zero-order valence-corrected chi connectivity index (χ0v) is 13.0. The summed E-state index contributed by atoms with van der Waals surface area (Å²) < 4.78 is 6.36. The molecule has 1 atom stereocenters. The van der Waals surface area contributed by atoms with Gasteiger partial charge in [0, 0.05) is 9.85 Å². The van der Waals surface area contributed by atoms with Crippen molar-refractivity contribution < 1.29 is 4.74 Å². The van der Waals surface area contributed by atoms with Crippen LogP contribution < -0.4 is 4.74 Å². The maximum absolute atomic E-state index is 6.31. The molecule has 0 saturated carbocycles. The van der Waals surface area contributed by atoms with Gasteiger partial charge in [-0.05, 0) is 48.9 Å². The number of aryl methyl sites for hydroxylation is 1. The second-order valence-electron chi connectivity index (χ2n) is 4.72. The summed E-state index contributed by atoms with van der Waals surface area (Å²) in [6, 6.07) is 6.06. The molecule has 0 N–H and O–H groups in total. The topological polar surface area (TPSA) is 9.23 Å². The van der Waals surface area contributed by atoms with Crippen LogP contribution >= 0.6 is 27.5 Å². The molecule has 0 aliphatic heterocycles. The molecule has 0 aromatic heterocycles. The van der Waals surface area contributed by atoms with Crippen LogP contribution in [0.4, 0.5) is 0 Å². The Morgan fingerprint density at radius 2 is 2.06 bits per heavy atom. The number of rotatable bonds is 6. The van der Waals surface area contributed by atoms with Gasteiger partial charge in [0.25, 0.3) is 0 Å². The smallest absolute Gasteiger partial charge is 0.119 e. The van der Waals surface area contributed by atoms with Crippen LogP contribution in [0, 0.1) is 5.92 Å². The van der Waals surface area contributed by atoms with E-state index < -0.39 is 0 Å². The summed E-state index contributed by atoms with van der Waals surface area (Å²) in [6.45, 7) is 4.41. The molecule has 0 fully saturated rings. The highest BCUT2D eigenvalue weighted by Gasteiger charge is 2.09. The van der Waals surface area contributed by atoms with Gasteiger partial charge in [0.15, 0.2) is 0 Å². The standard InChI is InChI=1S/C14H20BrClO/c1-10(2)8-12(16)5-4-11-9-13(17-3)6-7-14(11)15/h6-7,9-10,12H,4-5,8H2,1-3H3. The van der Waals surface area contributed by atoms with Crippen LogP contribution in [0.2, 0.25) is 0 Å². The number of benzene rings is 1. The summed E-state index contributed by atoms with van der Waals surface area (Å²) in [4.78, 5) is 0. The Bertz CT molecular complexity index is 352. The van der Waals surface area contributed by atoms with Gasteiger partial charge in [0.2, 0.25) is 0 Å². The molecule has 0 saturated heterocycles. The van der Waals surface area contributed by atoms with Crippen molar-refractivity contribution in [3.8, 4) is 5.75 Å². The zero-order chi connectivity index (χ0) is 12.8. The maximum Gasteiger partial charge on any atom is 0.119 e. The highest BCUT2D eigenvalue weighted by Crippen LogP contribution is 2.25. The van der Waals surface area contributed by atoms with E-state index in [0.29, 0.717) is 5.92 Å². The number of hydrogen-bond acceptors (Lipinski definition) is 1. The minimum Gasteiger partial charge on any atom is -0.497 e. The van der Waals surface area contributed by atoms with E-state index in [1.165, 1.54) is 5.56 Å². The van der Waals surface area contributed by atoms with Crippen molar-refractivity contribution >= 4 is 27.5 Å². The zero-order valence-electron chi connectivity index (χ0n) is 10.7. The Hall–Kier alpha value is -0.210. The molecule has 0 aliphatic carbocycles. The summed E-state index contributed by atoms with van der Waals surface area (Å²) in [5.74, 6) is 1.56. The van der Waals surface area contributed by atoms with Crippen LogP contribution in [-0.4, -0.2) is 12.5 Å². The fraction of sp³-hybridized carbons (Fsp3) is 0.571. The van der Waals surface area contributed by atoms with Crippen LogP contribution in [0.15, 0.2) is 22.7 Å². The summed E-state index contributed by atoms with van der Waals surface area (Å²) in [7, 11) is 1.69. The van der Waals surface area contributed by atoms with E-state index in [2.05, 4.69) is 35.8 Å². The van der Waals surface area contributed by atoms with Crippen molar-refractivity contribution in [3.63, 3.8) is 0 Å². The number of alkyl halides is 1. The molecule has 17 heavy (non-hydrogen) atoms. The third-order valence-electron chi connectivity index (χ3n) is 2.71. The number of methoxy groups -OCH3 is 1. The molecule has 1 rings (SSSR count). The van der Waals surface area contributed by atoms with Crippen molar-refractivity contribution in [1.29, 1.82) is 0 Å². The highest BCUT2D eigenvalue weighted by atomic mass is 79.9. The lowest BCUT2D eigenvalue weighted by molar-refractivity contribution is 0.414. The molecule has 0 aliphatic rings. The maximum atomic E-state index is 6.31. The molecule has 96 valence electrons. The highest BCUT2D eigenvalue weighted by molar-refractivity contribution is 9.10. The lowest BCUT2D eigenvalue weighted by Gasteiger charge is -2.13. The monoisotopic (exact) mass is 318 g/mol. The van der Waals surface area contributed by atoms with E-state index in [4.69, 9.17) is 16.3 Å². The molecule has 1 nitrogen and oxygen atoms in total. The van der Waals surface area contributed by atoms with Gasteiger partial charge < -0.3 is 4.74 Å². The Balaban J connectivity index is 2.56. The van der Waals surface area contributed by atoms with E-state index >= 15 is 0 Å². The Morgan fingerprint density at radius 3 is 2.65 bits per heavy atom. The molecule has 1 unspecified atom stereocenters. The summed E-state index contributed by atoms with van der Waals surface area (Å²) >= 11 is 9.87. The largest absolute Gasteiger partial charge is 0.497 e. The number of ether oxygens (including phenoxy) is 1. The first kappa shape index (κ1) is 14.8. The van der Waals surface area contributed by atoms with E-state index in [-0.39, 0.29) is 5.38 Å². The fourth-order valence-electron chi connectivity index (χ4n) is 1.81. The van der Waals surface area contributed by atoms with Crippen molar-refractivity contribution in [2.75, 3.05) is 7.11 Å². The normalized spacial score (nSPS) is 12.8. The second kappa shape index (κ2) is 7.27. The Labute approximate surface area is 118 Å². The molecular formula is C14H20BrClO. The lowest BCUT2D eigenvalue weighted by Crippen LogP contribution is -2.05. The molecule has 0 amide bonds. The van der Waals surface area contributed by atoms with Crippen molar-refractivity contribution in [1.82, 2.24) is 0 Å². The van der Waals surface area contributed by atoms with Crippen LogP contribution in [-0.2, 0) is 6.42 Å². The minimum absolute atomic E-state index is 0.258. The van der Waals surface area contributed by atoms with Gasteiger partial charge in [0.05, 0.1) is 7.11 Å². The van der Waals surface area contributed by atoms with Gasteiger partial charge >= 0.3 is 0 Å². The molecule has 0 heterocycles. The van der Waals surface area contributed by atoms with E-state index in [1.54, 1.807) is 7.11 Å². The third kappa shape index (κ3) is 5.31. The number of hydrogen-bond donors (Lipinski definition) is 0. The molecular weight excluding hydrogens is 300 g/mol. The minimum atomic E-state index is 0.258. The van der Waals surface area contributed by atoms with E-state index in [1.807, 2.05) is 12.1 Å². The van der Waals surface area contributed by atoms with Crippen LogP contribution in [0.25, 0.3) is 0 Å². The molecule has 1 aromatic rings. The van der Waals surface area contributed by atoms with Gasteiger partial charge in [-0.2, -0.15) is 0 Å². The predicted octanol–water partition coefficient (Wildman–Crippen LogP) is 5.04. The Kier molecular flexibility index (Phi) is 6.35. The fourth-order valence-corrected chi connectivity index (χ4v) is 2.72. The van der Waals surface area contributed by atoms with Gasteiger partial charge in [0.1, 0.15) is 5.75 Å². The average Bonchev–Trinajstić information content (AvgIpc) is 2.27. The quantitative estimate of drug-likeness (QED) is 0.667. The SMILES string of the molecule is COc1ccc(Br)c(CCC(Cl)CC(C)C)c1. The van der Waals surface area contributed by atoms with Gasteiger partial charge in [-0.25, -0.2) is 0 Å². The van der Waals surface area contributed by atoms with Crippen LogP contribution in [0.5, 0.6) is 5.75 Å². The molecule has 3 heteroatoms. The lowest BCUT2D eigenvalue weighted by atomic mass is 10.0. The van der Waals surface area contributed by atoms with Crippen LogP contribution in [0.3, 0.4) is 0 Å². The van der Waals surface area contributed by atoms with E-state index in [9.17, 15) is 0 Å². The van der Waals surface area contributed by atoms with Gasteiger partial charge in [-0.1, -0.05) is 29.8 Å². The summed E-state index contributed by atoms with van der Waals surface area (Å²) in [5, 5.41) is 0.258. The average molecular weight is 320 g/mol. The first-order valence-corrected chi connectivity index (χ1v) is 7.22. The summed E-state index contributed by atoms with van der Waals surface area (Å²) in [6.07, 6.45) is 3.06. The second-order valence-corrected chi connectivity index (χ2v) is 6.19. The van der Waals surface area contributed by atoms with Crippen LogP contribution in [0.1, 0.15) is 32.3 Å². The summed E-state index contributed by atoms with van der Waals surface area (Å²) in [5.41, 5.74) is 1.26. The first-order valence-electron chi connectivity index (χ1n) is 5.99. The molecule has 0 radical (unpaired) electrons. The molecule has 0 bridgehead atoms. The van der Waals surface area contributed by atoms with E-state index in [0.717, 1.165) is 29.5 Å². The predicted molar refractivity (Wildman–Crippen MR) is 78.1 cm³/mol. The molecule has 0 spiro atoms. The first-order chi connectivity index (χ1) is 8.02. The van der Waals surface area contributed by atoms with Crippen molar-refractivity contribution in [2.24, 2.45) is 5.92 Å².